The molecule has 2 atom stereocenters. The van der Waals surface area contributed by atoms with Crippen LogP contribution in [-0.4, -0.2) is 11.8 Å². The lowest BCUT2D eigenvalue weighted by atomic mass is 9.88. The summed E-state index contributed by atoms with van der Waals surface area (Å²) < 4.78 is 29.9. The molecule has 0 saturated carbocycles. The van der Waals surface area contributed by atoms with Crippen molar-refractivity contribution in [1.82, 2.24) is 10.6 Å². The summed E-state index contributed by atoms with van der Waals surface area (Å²) in [6.07, 6.45) is 0. The van der Waals surface area contributed by atoms with Crippen LogP contribution < -0.4 is 10.6 Å². The molecule has 4 rings (SSSR count). The highest BCUT2D eigenvalue weighted by atomic mass is 35.5. The number of hydrogen-bond donors (Lipinski definition) is 2. The summed E-state index contributed by atoms with van der Waals surface area (Å²) in [6, 6.07) is 19.5. The molecule has 192 valence electrons. The molecule has 0 bridgehead atoms. The minimum Gasteiger partial charge on any atom is -0.334 e. The molecule has 0 radical (unpaired) electrons. The van der Waals surface area contributed by atoms with Crippen LogP contribution in [0.2, 0.25) is 5.02 Å². The maximum absolute atomic E-state index is 14.9. The fraction of sp³-hybridized carbons (Fsp3) is 0.138. The van der Waals surface area contributed by atoms with E-state index in [0.717, 1.165) is 34.9 Å². The average Bonchev–Trinajstić information content (AvgIpc) is 3.32. The number of amides is 2. The highest BCUT2D eigenvalue weighted by molar-refractivity contribution is 7.10. The SMILES string of the molecule is Cc1ccsc1C(C#N)NC(=O)[C@@](C)(NC(=O)c1ccc(-c2ccccc2Cl)cc1)c1c(F)cccc1F. The van der Waals surface area contributed by atoms with Crippen LogP contribution in [-0.2, 0) is 10.3 Å². The van der Waals surface area contributed by atoms with E-state index in [-0.39, 0.29) is 5.56 Å². The zero-order valence-corrected chi connectivity index (χ0v) is 22.0. The van der Waals surface area contributed by atoms with E-state index in [1.165, 1.54) is 30.4 Å². The summed E-state index contributed by atoms with van der Waals surface area (Å²) in [6.45, 7) is 2.99. The number of benzene rings is 3. The van der Waals surface area contributed by atoms with Gasteiger partial charge in [-0.3, -0.25) is 9.59 Å². The van der Waals surface area contributed by atoms with Crippen LogP contribution in [0.5, 0.6) is 0 Å². The van der Waals surface area contributed by atoms with Crippen molar-refractivity contribution in [3.8, 4) is 17.2 Å². The lowest BCUT2D eigenvalue weighted by Crippen LogP contribution is -2.55. The number of aryl methyl sites for hydroxylation is 1. The molecule has 2 amide bonds. The molecule has 1 unspecified atom stereocenters. The molecule has 4 aromatic rings. The number of hydrogen-bond acceptors (Lipinski definition) is 4. The molecular weight excluding hydrogens is 528 g/mol. The molecule has 38 heavy (non-hydrogen) atoms. The summed E-state index contributed by atoms with van der Waals surface area (Å²) in [5, 5.41) is 17.1. The van der Waals surface area contributed by atoms with E-state index < -0.39 is 40.6 Å². The van der Waals surface area contributed by atoms with Crippen molar-refractivity contribution in [3.05, 3.63) is 116 Å². The molecule has 9 heteroatoms. The monoisotopic (exact) mass is 549 g/mol. The topological polar surface area (TPSA) is 82.0 Å². The van der Waals surface area contributed by atoms with Gasteiger partial charge in [0, 0.05) is 21.0 Å². The quantitative estimate of drug-likeness (QED) is 0.270. The van der Waals surface area contributed by atoms with Crippen molar-refractivity contribution in [3.63, 3.8) is 0 Å². The van der Waals surface area contributed by atoms with Crippen molar-refractivity contribution >= 4 is 34.8 Å². The van der Waals surface area contributed by atoms with Gasteiger partial charge in [0.2, 0.25) is 0 Å². The molecule has 0 aliphatic rings. The van der Waals surface area contributed by atoms with Gasteiger partial charge in [0.25, 0.3) is 11.8 Å². The Balaban J connectivity index is 1.68. The van der Waals surface area contributed by atoms with Crippen molar-refractivity contribution < 1.29 is 18.4 Å². The Bertz CT molecular complexity index is 1530. The minimum atomic E-state index is -2.19. The van der Waals surface area contributed by atoms with Crippen LogP contribution in [0.4, 0.5) is 8.78 Å². The fourth-order valence-electron chi connectivity index (χ4n) is 4.12. The number of halogens is 3. The van der Waals surface area contributed by atoms with Gasteiger partial charge in [-0.25, -0.2) is 8.78 Å². The summed E-state index contributed by atoms with van der Waals surface area (Å²) >= 11 is 7.53. The number of thiophene rings is 1. The van der Waals surface area contributed by atoms with Crippen LogP contribution in [0, 0.1) is 29.9 Å². The minimum absolute atomic E-state index is 0.155. The standard InChI is InChI=1S/C29H22ClF2N3O2S/c1-17-14-15-38-26(17)24(16-33)34-28(37)29(2,25-22(31)8-5-9-23(25)32)35-27(36)19-12-10-18(11-13-19)20-6-3-4-7-21(20)30/h3-15,24H,1-2H3,(H,34,37)(H,35,36)/t24?,29-/m0/s1. The van der Waals surface area contributed by atoms with Crippen LogP contribution >= 0.6 is 22.9 Å². The third-order valence-electron chi connectivity index (χ3n) is 6.18. The van der Waals surface area contributed by atoms with Gasteiger partial charge in [-0.2, -0.15) is 5.26 Å². The van der Waals surface area contributed by atoms with E-state index in [1.807, 2.05) is 18.2 Å². The lowest BCUT2D eigenvalue weighted by Gasteiger charge is -2.31. The first-order valence-corrected chi connectivity index (χ1v) is 12.8. The van der Waals surface area contributed by atoms with Gasteiger partial charge in [-0.15, -0.1) is 11.3 Å². The molecule has 0 aliphatic carbocycles. The van der Waals surface area contributed by atoms with E-state index in [1.54, 1.807) is 42.6 Å². The Labute approximate surface area is 227 Å². The van der Waals surface area contributed by atoms with E-state index in [4.69, 9.17) is 11.6 Å². The molecular formula is C29H22ClF2N3O2S. The Morgan fingerprint density at radius 2 is 1.66 bits per heavy atom. The molecule has 2 N–H and O–H groups in total. The highest BCUT2D eigenvalue weighted by Gasteiger charge is 2.42. The molecule has 1 heterocycles. The van der Waals surface area contributed by atoms with Crippen LogP contribution in [0.3, 0.4) is 0 Å². The largest absolute Gasteiger partial charge is 0.334 e. The molecule has 1 aromatic heterocycles. The summed E-state index contributed by atoms with van der Waals surface area (Å²) in [5.41, 5.74) is -0.362. The smallest absolute Gasteiger partial charge is 0.252 e. The highest BCUT2D eigenvalue weighted by Crippen LogP contribution is 2.31. The van der Waals surface area contributed by atoms with Crippen LogP contribution in [0.15, 0.2) is 78.2 Å². The molecule has 5 nitrogen and oxygen atoms in total. The zero-order chi connectivity index (χ0) is 27.4. The Morgan fingerprint density at radius 3 is 2.24 bits per heavy atom. The van der Waals surface area contributed by atoms with Crippen molar-refractivity contribution in [2.75, 3.05) is 0 Å². The Hall–Kier alpha value is -4.06. The van der Waals surface area contributed by atoms with Gasteiger partial charge in [-0.1, -0.05) is 48.0 Å². The van der Waals surface area contributed by atoms with Gasteiger partial charge >= 0.3 is 0 Å². The first-order chi connectivity index (χ1) is 18.2. The summed E-state index contributed by atoms with van der Waals surface area (Å²) in [7, 11) is 0. The number of carbonyl (C=O) groups excluding carboxylic acids is 2. The number of nitrogens with one attached hydrogen (secondary N) is 2. The van der Waals surface area contributed by atoms with E-state index in [2.05, 4.69) is 10.6 Å². The van der Waals surface area contributed by atoms with Crippen molar-refractivity contribution in [2.45, 2.75) is 25.4 Å². The summed E-state index contributed by atoms with van der Waals surface area (Å²) in [4.78, 5) is 27.4. The fourth-order valence-corrected chi connectivity index (χ4v) is 5.28. The number of carbonyl (C=O) groups is 2. The molecule has 3 aromatic carbocycles. The second kappa shape index (κ2) is 11.1. The molecule has 0 aliphatic heterocycles. The Kier molecular flexibility index (Phi) is 7.91. The number of rotatable bonds is 7. The zero-order valence-electron chi connectivity index (χ0n) is 20.4. The normalized spacial score (nSPS) is 13.2. The van der Waals surface area contributed by atoms with Crippen molar-refractivity contribution in [1.29, 1.82) is 5.26 Å². The van der Waals surface area contributed by atoms with Crippen LogP contribution in [0.1, 0.15) is 39.3 Å². The third kappa shape index (κ3) is 5.30. The summed E-state index contributed by atoms with van der Waals surface area (Å²) in [5.74, 6) is -3.71. The predicted molar refractivity (Wildman–Crippen MR) is 144 cm³/mol. The first kappa shape index (κ1) is 27.0. The molecule has 0 saturated heterocycles. The first-order valence-electron chi connectivity index (χ1n) is 11.5. The number of nitrogens with zero attached hydrogens (tertiary/aromatic N) is 1. The number of nitriles is 1. The van der Waals surface area contributed by atoms with Crippen LogP contribution in [0.25, 0.3) is 11.1 Å². The third-order valence-corrected chi connectivity index (χ3v) is 7.59. The van der Waals surface area contributed by atoms with Gasteiger partial charge in [-0.05, 0) is 66.8 Å². The second-order valence-corrected chi connectivity index (χ2v) is 10.1. The Morgan fingerprint density at radius 1 is 1.00 bits per heavy atom. The average molecular weight is 550 g/mol. The van der Waals surface area contributed by atoms with E-state index >= 15 is 0 Å². The van der Waals surface area contributed by atoms with Crippen molar-refractivity contribution in [2.24, 2.45) is 0 Å². The lowest BCUT2D eigenvalue weighted by molar-refractivity contribution is -0.127. The van der Waals surface area contributed by atoms with Gasteiger partial charge in [0.1, 0.15) is 17.2 Å². The molecule has 0 fully saturated rings. The van der Waals surface area contributed by atoms with E-state index in [9.17, 15) is 23.6 Å². The predicted octanol–water partition coefficient (Wildman–Crippen LogP) is 6.68. The van der Waals surface area contributed by atoms with Gasteiger partial charge < -0.3 is 10.6 Å². The van der Waals surface area contributed by atoms with Gasteiger partial charge in [0.15, 0.2) is 6.04 Å². The van der Waals surface area contributed by atoms with E-state index in [0.29, 0.717) is 9.90 Å². The maximum atomic E-state index is 14.9. The van der Waals surface area contributed by atoms with Gasteiger partial charge in [0.05, 0.1) is 11.6 Å². The molecule has 0 spiro atoms. The second-order valence-electron chi connectivity index (χ2n) is 8.74. The maximum Gasteiger partial charge on any atom is 0.252 e.